The number of hydrogen-bond acceptors (Lipinski definition) is 1. The molecule has 0 unspecified atom stereocenters. The Morgan fingerprint density at radius 2 is 2.25 bits per heavy atom. The SMILES string of the molecule is CS#CCCCC#N. The van der Waals surface area contributed by atoms with Crippen LogP contribution in [0.25, 0.3) is 0 Å². The first-order valence-electron chi connectivity index (χ1n) is 2.54. The smallest absolute Gasteiger partial charge is 0.0622 e. The van der Waals surface area contributed by atoms with Crippen LogP contribution in [0.2, 0.25) is 0 Å². The second-order valence-electron chi connectivity index (χ2n) is 1.36. The number of nitriles is 1. The molecule has 8 heavy (non-hydrogen) atoms. The number of unbranched alkanes of at least 4 members (excludes halogenated alkanes) is 2. The molecular formula is C6H9NS. The van der Waals surface area contributed by atoms with Crippen LogP contribution in [0.5, 0.6) is 0 Å². The molecule has 0 aromatic rings. The predicted molar refractivity (Wildman–Crippen MR) is 36.9 cm³/mol. The monoisotopic (exact) mass is 127 g/mol. The van der Waals surface area contributed by atoms with Crippen LogP contribution in [0.1, 0.15) is 19.3 Å². The average molecular weight is 127 g/mol. The van der Waals surface area contributed by atoms with Crippen LogP contribution in [-0.2, 0) is 0 Å². The summed E-state index contributed by atoms with van der Waals surface area (Å²) in [6.45, 7) is 0. The molecule has 0 rings (SSSR count). The fourth-order valence-corrected chi connectivity index (χ4v) is 0.690. The van der Waals surface area contributed by atoms with Gasteiger partial charge in [-0.05, 0) is 6.42 Å². The van der Waals surface area contributed by atoms with Crippen LogP contribution in [0.3, 0.4) is 0 Å². The molecule has 2 heteroatoms. The normalized spacial score (nSPS) is 7.00. The number of hydrogen-bond donors (Lipinski definition) is 0. The molecule has 0 amide bonds. The Morgan fingerprint density at radius 3 is 2.75 bits per heavy atom. The van der Waals surface area contributed by atoms with E-state index in [1.165, 1.54) is 0 Å². The lowest BCUT2D eigenvalue weighted by Crippen LogP contribution is -1.65. The molecule has 0 saturated carbocycles. The summed E-state index contributed by atoms with van der Waals surface area (Å²) in [6, 6.07) is 2.08. The maximum atomic E-state index is 8.08. The van der Waals surface area contributed by atoms with Crippen molar-refractivity contribution in [2.24, 2.45) is 0 Å². The lowest BCUT2D eigenvalue weighted by atomic mass is 10.3. The zero-order valence-corrected chi connectivity index (χ0v) is 5.79. The first-order valence-corrected chi connectivity index (χ1v) is 3.77. The van der Waals surface area contributed by atoms with E-state index in [0.717, 1.165) is 12.8 Å². The molecule has 0 atom stereocenters. The Kier molecular flexibility index (Phi) is 6.08. The largest absolute Gasteiger partial charge is 0.198 e. The van der Waals surface area contributed by atoms with Gasteiger partial charge < -0.3 is 0 Å². The van der Waals surface area contributed by atoms with E-state index in [1.54, 1.807) is 11.2 Å². The van der Waals surface area contributed by atoms with Gasteiger partial charge >= 0.3 is 0 Å². The molecule has 0 fully saturated rings. The summed E-state index contributed by atoms with van der Waals surface area (Å²) in [6.07, 6.45) is 4.53. The van der Waals surface area contributed by atoms with Gasteiger partial charge in [-0.25, -0.2) is 0 Å². The summed E-state index contributed by atoms with van der Waals surface area (Å²) in [7, 11) is 0. The van der Waals surface area contributed by atoms with Crippen molar-refractivity contribution in [1.82, 2.24) is 0 Å². The second kappa shape index (κ2) is 6.49. The molecule has 1 nitrogen and oxygen atoms in total. The second-order valence-corrected chi connectivity index (χ2v) is 2.06. The van der Waals surface area contributed by atoms with Gasteiger partial charge in [0.1, 0.15) is 0 Å². The van der Waals surface area contributed by atoms with Crippen molar-refractivity contribution in [3.63, 3.8) is 0 Å². The lowest BCUT2D eigenvalue weighted by Gasteiger charge is -1.78. The Balaban J connectivity index is 2.93. The molecule has 0 aliphatic carbocycles. The zero-order chi connectivity index (χ0) is 6.24. The van der Waals surface area contributed by atoms with Crippen molar-refractivity contribution < 1.29 is 0 Å². The Bertz CT molecular complexity index is 135. The van der Waals surface area contributed by atoms with Gasteiger partial charge in [0.05, 0.1) is 6.07 Å². The molecule has 0 aliphatic heterocycles. The summed E-state index contributed by atoms with van der Waals surface area (Å²) < 4.78 is 0. The van der Waals surface area contributed by atoms with E-state index >= 15 is 0 Å². The topological polar surface area (TPSA) is 23.8 Å². The van der Waals surface area contributed by atoms with E-state index in [-0.39, 0.29) is 0 Å². The Morgan fingerprint density at radius 1 is 1.50 bits per heavy atom. The third kappa shape index (κ3) is 5.49. The predicted octanol–water partition coefficient (Wildman–Crippen LogP) is 2.00. The van der Waals surface area contributed by atoms with Gasteiger partial charge in [0.15, 0.2) is 0 Å². The van der Waals surface area contributed by atoms with Crippen molar-refractivity contribution in [3.05, 3.63) is 0 Å². The Labute approximate surface area is 53.9 Å². The highest BCUT2D eigenvalue weighted by Crippen LogP contribution is 1.91. The summed E-state index contributed by atoms with van der Waals surface area (Å²) in [4.78, 5) is 0. The van der Waals surface area contributed by atoms with Crippen molar-refractivity contribution in [2.75, 3.05) is 6.26 Å². The van der Waals surface area contributed by atoms with Crippen molar-refractivity contribution >= 4 is 11.2 Å². The van der Waals surface area contributed by atoms with Gasteiger partial charge in [-0.1, -0.05) is 5.18 Å². The third-order valence-electron chi connectivity index (χ3n) is 0.712. The van der Waals surface area contributed by atoms with E-state index in [1.807, 2.05) is 6.26 Å². The van der Waals surface area contributed by atoms with E-state index in [2.05, 4.69) is 11.3 Å². The molecule has 0 heterocycles. The summed E-state index contributed by atoms with van der Waals surface area (Å²) in [5.74, 6) is 0. The standard InChI is InChI=1S/C6H9NS/c1-8-6-4-2-3-5-7/h2-4H2,1H3. The first kappa shape index (κ1) is 7.49. The fourth-order valence-electron chi connectivity index (χ4n) is 0.342. The molecule has 44 valence electrons. The van der Waals surface area contributed by atoms with Crippen LogP contribution >= 0.6 is 11.2 Å². The highest BCUT2D eigenvalue weighted by atomic mass is 32.1. The van der Waals surface area contributed by atoms with Gasteiger partial charge in [-0.2, -0.15) is 5.26 Å². The minimum Gasteiger partial charge on any atom is -0.198 e. The summed E-state index contributed by atoms with van der Waals surface area (Å²) in [5, 5.41) is 11.1. The highest BCUT2D eigenvalue weighted by Gasteiger charge is 1.77. The van der Waals surface area contributed by atoms with Crippen LogP contribution in [-0.4, -0.2) is 6.26 Å². The zero-order valence-electron chi connectivity index (χ0n) is 4.98. The fraction of sp³-hybridized carbons (Fsp3) is 0.667. The Hall–Kier alpha value is -0.510. The molecule has 0 N–H and O–H groups in total. The van der Waals surface area contributed by atoms with Gasteiger partial charge in [-0.3, -0.25) is 0 Å². The summed E-state index contributed by atoms with van der Waals surface area (Å²) >= 11 is 1.59. The molecule has 0 saturated heterocycles. The quantitative estimate of drug-likeness (QED) is 0.520. The van der Waals surface area contributed by atoms with Gasteiger partial charge in [0.2, 0.25) is 0 Å². The molecule has 0 radical (unpaired) electrons. The minimum absolute atomic E-state index is 0.660. The number of rotatable bonds is 2. The first-order chi connectivity index (χ1) is 3.91. The minimum atomic E-state index is 0.660. The van der Waals surface area contributed by atoms with E-state index < -0.39 is 0 Å². The van der Waals surface area contributed by atoms with Crippen molar-refractivity contribution in [3.8, 4) is 11.3 Å². The van der Waals surface area contributed by atoms with Gasteiger partial charge in [-0.15, -0.1) is 11.2 Å². The average Bonchev–Trinajstić information content (AvgIpc) is 1.81. The van der Waals surface area contributed by atoms with Gasteiger partial charge in [0.25, 0.3) is 0 Å². The van der Waals surface area contributed by atoms with E-state index in [9.17, 15) is 0 Å². The maximum absolute atomic E-state index is 8.08. The molecule has 0 bridgehead atoms. The van der Waals surface area contributed by atoms with Crippen LogP contribution in [0, 0.1) is 16.5 Å². The third-order valence-corrected chi connectivity index (χ3v) is 1.20. The van der Waals surface area contributed by atoms with E-state index in [0.29, 0.717) is 6.42 Å². The molecule has 0 spiro atoms. The summed E-state index contributed by atoms with van der Waals surface area (Å²) in [5.41, 5.74) is 0. The van der Waals surface area contributed by atoms with Gasteiger partial charge in [0, 0.05) is 19.1 Å². The van der Waals surface area contributed by atoms with Crippen molar-refractivity contribution in [2.45, 2.75) is 19.3 Å². The molecule has 0 aromatic carbocycles. The van der Waals surface area contributed by atoms with Crippen molar-refractivity contribution in [1.29, 1.82) is 5.26 Å². The highest BCUT2D eigenvalue weighted by molar-refractivity contribution is 7.87. The number of nitrogens with zero attached hydrogens (tertiary/aromatic N) is 1. The molecule has 0 aliphatic rings. The van der Waals surface area contributed by atoms with Crippen LogP contribution < -0.4 is 0 Å². The van der Waals surface area contributed by atoms with Crippen LogP contribution in [0.15, 0.2) is 0 Å². The van der Waals surface area contributed by atoms with E-state index in [4.69, 9.17) is 5.26 Å². The molecule has 0 aromatic heterocycles. The van der Waals surface area contributed by atoms with Crippen LogP contribution in [0.4, 0.5) is 0 Å². The maximum Gasteiger partial charge on any atom is 0.0622 e. The molecular weight excluding hydrogens is 118 g/mol. The lowest BCUT2D eigenvalue weighted by molar-refractivity contribution is 0.896.